The van der Waals surface area contributed by atoms with E-state index in [1.807, 2.05) is 31.9 Å². The Morgan fingerprint density at radius 1 is 1.40 bits per heavy atom. The first-order valence-corrected chi connectivity index (χ1v) is 5.29. The third-order valence-electron chi connectivity index (χ3n) is 1.89. The largest absolute Gasteiger partial charge is 0.377 e. The van der Waals surface area contributed by atoms with Crippen LogP contribution in [0, 0.1) is 0 Å². The minimum absolute atomic E-state index is 0.259. The monoisotopic (exact) mass is 229 g/mol. The van der Waals surface area contributed by atoms with E-state index in [0.717, 1.165) is 12.4 Å². The Hall–Kier alpha value is -0.870. The van der Waals surface area contributed by atoms with E-state index in [0.29, 0.717) is 11.8 Å². The van der Waals surface area contributed by atoms with Gasteiger partial charge in [-0.15, -0.1) is 10.2 Å². The summed E-state index contributed by atoms with van der Waals surface area (Å²) in [6, 6.07) is 3.56. The summed E-state index contributed by atoms with van der Waals surface area (Å²) in [5.74, 6) is 0.798. The van der Waals surface area contributed by atoms with Gasteiger partial charge in [0.1, 0.15) is 0 Å². The predicted molar refractivity (Wildman–Crippen MR) is 61.4 cm³/mol. The summed E-state index contributed by atoms with van der Waals surface area (Å²) in [6.45, 7) is 5.50. The summed E-state index contributed by atoms with van der Waals surface area (Å²) in [4.78, 5) is 1.98. The van der Waals surface area contributed by atoms with Crippen LogP contribution in [-0.2, 0) is 4.74 Å². The lowest BCUT2D eigenvalue weighted by Crippen LogP contribution is -2.24. The van der Waals surface area contributed by atoms with Crippen molar-refractivity contribution in [1.82, 2.24) is 10.2 Å². The molecule has 0 atom stereocenters. The van der Waals surface area contributed by atoms with Gasteiger partial charge in [0.05, 0.1) is 12.7 Å². The molecular formula is C10H16ClN3O. The molecule has 4 nitrogen and oxygen atoms in total. The molecule has 0 aliphatic heterocycles. The fourth-order valence-electron chi connectivity index (χ4n) is 1.05. The Labute approximate surface area is 95.2 Å². The van der Waals surface area contributed by atoms with Crippen LogP contribution in [0.2, 0.25) is 5.15 Å². The maximum atomic E-state index is 5.65. The molecule has 1 aromatic rings. The van der Waals surface area contributed by atoms with Gasteiger partial charge in [-0.05, 0) is 26.0 Å². The van der Waals surface area contributed by atoms with Crippen LogP contribution in [-0.4, -0.2) is 36.5 Å². The van der Waals surface area contributed by atoms with Gasteiger partial charge < -0.3 is 9.64 Å². The summed E-state index contributed by atoms with van der Waals surface area (Å²) in [5, 5.41) is 8.15. The van der Waals surface area contributed by atoms with E-state index >= 15 is 0 Å². The van der Waals surface area contributed by atoms with Gasteiger partial charge in [-0.3, -0.25) is 0 Å². The van der Waals surface area contributed by atoms with Crippen molar-refractivity contribution >= 4 is 17.4 Å². The SMILES string of the molecule is CC(C)OCCN(C)c1ccc(Cl)nn1. The van der Waals surface area contributed by atoms with Crippen molar-refractivity contribution in [2.75, 3.05) is 25.1 Å². The number of halogens is 1. The molecule has 1 rings (SSSR count). The summed E-state index contributed by atoms with van der Waals surface area (Å²) < 4.78 is 5.44. The molecule has 0 saturated carbocycles. The lowest BCUT2D eigenvalue weighted by Gasteiger charge is -2.18. The number of aromatic nitrogens is 2. The van der Waals surface area contributed by atoms with Crippen LogP contribution in [0.15, 0.2) is 12.1 Å². The van der Waals surface area contributed by atoms with Gasteiger partial charge in [0.25, 0.3) is 0 Å². The van der Waals surface area contributed by atoms with E-state index in [-0.39, 0.29) is 6.10 Å². The van der Waals surface area contributed by atoms with Gasteiger partial charge in [-0.2, -0.15) is 0 Å². The zero-order chi connectivity index (χ0) is 11.3. The van der Waals surface area contributed by atoms with E-state index in [2.05, 4.69) is 10.2 Å². The average Bonchev–Trinajstić information content (AvgIpc) is 2.18. The summed E-state index contributed by atoms with van der Waals surface area (Å²) in [6.07, 6.45) is 0.259. The first kappa shape index (κ1) is 12.2. The topological polar surface area (TPSA) is 38.2 Å². The highest BCUT2D eigenvalue weighted by Gasteiger charge is 2.03. The van der Waals surface area contributed by atoms with Crippen molar-refractivity contribution in [3.8, 4) is 0 Å². The molecule has 1 aromatic heterocycles. The maximum Gasteiger partial charge on any atom is 0.151 e. The Bertz CT molecular complexity index is 289. The lowest BCUT2D eigenvalue weighted by atomic mass is 10.4. The van der Waals surface area contributed by atoms with Gasteiger partial charge in [0.2, 0.25) is 0 Å². The first-order chi connectivity index (χ1) is 7.09. The van der Waals surface area contributed by atoms with Crippen molar-refractivity contribution < 1.29 is 4.74 Å². The molecule has 0 aromatic carbocycles. The predicted octanol–water partition coefficient (Wildman–Crippen LogP) is 1.99. The van der Waals surface area contributed by atoms with Gasteiger partial charge in [-0.1, -0.05) is 11.6 Å². The molecule has 84 valence electrons. The third kappa shape index (κ3) is 4.44. The van der Waals surface area contributed by atoms with E-state index in [9.17, 15) is 0 Å². The summed E-state index contributed by atoms with van der Waals surface area (Å²) in [7, 11) is 1.95. The molecule has 0 aliphatic rings. The number of anilines is 1. The van der Waals surface area contributed by atoms with E-state index in [1.165, 1.54) is 0 Å². The molecule has 0 bridgehead atoms. The first-order valence-electron chi connectivity index (χ1n) is 4.91. The van der Waals surface area contributed by atoms with Crippen molar-refractivity contribution in [1.29, 1.82) is 0 Å². The quantitative estimate of drug-likeness (QED) is 0.774. The molecule has 0 aliphatic carbocycles. The number of nitrogens with zero attached hydrogens (tertiary/aromatic N) is 3. The second-order valence-corrected chi connectivity index (χ2v) is 3.94. The van der Waals surface area contributed by atoms with Crippen molar-refractivity contribution in [3.63, 3.8) is 0 Å². The molecule has 1 heterocycles. The Morgan fingerprint density at radius 2 is 2.13 bits per heavy atom. The van der Waals surface area contributed by atoms with E-state index in [1.54, 1.807) is 6.07 Å². The molecule has 15 heavy (non-hydrogen) atoms. The van der Waals surface area contributed by atoms with Crippen molar-refractivity contribution in [3.05, 3.63) is 17.3 Å². The molecular weight excluding hydrogens is 214 g/mol. The van der Waals surface area contributed by atoms with Gasteiger partial charge in [0, 0.05) is 13.6 Å². The standard InChI is InChI=1S/C10H16ClN3O/c1-8(2)15-7-6-14(3)10-5-4-9(11)12-13-10/h4-5,8H,6-7H2,1-3H3. The van der Waals surface area contributed by atoms with Gasteiger partial charge in [-0.25, -0.2) is 0 Å². The fourth-order valence-corrected chi connectivity index (χ4v) is 1.15. The van der Waals surface area contributed by atoms with Crippen LogP contribution < -0.4 is 4.90 Å². The smallest absolute Gasteiger partial charge is 0.151 e. The second kappa shape index (κ2) is 5.88. The molecule has 5 heteroatoms. The highest BCUT2D eigenvalue weighted by atomic mass is 35.5. The van der Waals surface area contributed by atoms with Crippen LogP contribution >= 0.6 is 11.6 Å². The fraction of sp³-hybridized carbons (Fsp3) is 0.600. The minimum atomic E-state index is 0.259. The van der Waals surface area contributed by atoms with Crippen LogP contribution in [0.4, 0.5) is 5.82 Å². The summed E-state index contributed by atoms with van der Waals surface area (Å²) in [5.41, 5.74) is 0. The maximum absolute atomic E-state index is 5.65. The Kier molecular flexibility index (Phi) is 4.78. The molecule has 0 N–H and O–H groups in total. The van der Waals surface area contributed by atoms with Gasteiger partial charge in [0.15, 0.2) is 11.0 Å². The highest BCUT2D eigenvalue weighted by Crippen LogP contribution is 2.09. The van der Waals surface area contributed by atoms with Gasteiger partial charge >= 0.3 is 0 Å². The molecule has 0 radical (unpaired) electrons. The van der Waals surface area contributed by atoms with E-state index in [4.69, 9.17) is 16.3 Å². The number of ether oxygens (including phenoxy) is 1. The number of rotatable bonds is 5. The average molecular weight is 230 g/mol. The lowest BCUT2D eigenvalue weighted by molar-refractivity contribution is 0.0845. The number of hydrogen-bond donors (Lipinski definition) is 0. The van der Waals surface area contributed by atoms with Crippen molar-refractivity contribution in [2.45, 2.75) is 20.0 Å². The third-order valence-corrected chi connectivity index (χ3v) is 2.09. The molecule has 0 spiro atoms. The minimum Gasteiger partial charge on any atom is -0.377 e. The van der Waals surface area contributed by atoms with Crippen LogP contribution in [0.1, 0.15) is 13.8 Å². The Balaban J connectivity index is 2.40. The zero-order valence-corrected chi connectivity index (χ0v) is 10.0. The van der Waals surface area contributed by atoms with Crippen LogP contribution in [0.3, 0.4) is 0 Å². The Morgan fingerprint density at radius 3 is 2.67 bits per heavy atom. The second-order valence-electron chi connectivity index (χ2n) is 3.56. The number of hydrogen-bond acceptors (Lipinski definition) is 4. The normalized spacial score (nSPS) is 10.7. The zero-order valence-electron chi connectivity index (χ0n) is 9.27. The van der Waals surface area contributed by atoms with Crippen LogP contribution in [0.25, 0.3) is 0 Å². The molecule has 0 amide bonds. The number of likely N-dealkylation sites (N-methyl/N-ethyl adjacent to an activating group) is 1. The molecule has 0 fully saturated rings. The van der Waals surface area contributed by atoms with Crippen LogP contribution in [0.5, 0.6) is 0 Å². The summed E-state index contributed by atoms with van der Waals surface area (Å²) >= 11 is 5.65. The van der Waals surface area contributed by atoms with Crippen molar-refractivity contribution in [2.24, 2.45) is 0 Å². The molecule has 0 saturated heterocycles. The highest BCUT2D eigenvalue weighted by molar-refractivity contribution is 6.29. The molecule has 0 unspecified atom stereocenters. The van der Waals surface area contributed by atoms with E-state index < -0.39 is 0 Å².